The van der Waals surface area contributed by atoms with E-state index >= 15 is 0 Å². The molecule has 0 saturated heterocycles. The Morgan fingerprint density at radius 1 is 1.17 bits per heavy atom. The molecular formula is C8H13N3O7. The van der Waals surface area contributed by atoms with Gasteiger partial charge in [-0.05, 0) is 0 Å². The molecule has 0 aromatic rings. The third-order valence-corrected chi connectivity index (χ3v) is 1.95. The number of primary amides is 1. The van der Waals surface area contributed by atoms with Crippen molar-refractivity contribution in [3.8, 4) is 0 Å². The Labute approximate surface area is 101 Å². The second-order valence-corrected chi connectivity index (χ2v) is 3.55. The highest BCUT2D eigenvalue weighted by Gasteiger charge is 2.40. The average molecular weight is 263 g/mol. The van der Waals surface area contributed by atoms with Crippen LogP contribution in [0.1, 0.15) is 12.8 Å². The molecule has 2 atom stereocenters. The van der Waals surface area contributed by atoms with Crippen LogP contribution in [0.15, 0.2) is 0 Å². The second-order valence-electron chi connectivity index (χ2n) is 3.55. The smallest absolute Gasteiger partial charge is 0.339 e. The van der Waals surface area contributed by atoms with E-state index in [1.807, 2.05) is 5.32 Å². The molecule has 0 fully saturated rings. The lowest BCUT2D eigenvalue weighted by Gasteiger charge is -2.27. The van der Waals surface area contributed by atoms with E-state index in [2.05, 4.69) is 0 Å². The number of carboxylic acids is 3. The molecule has 0 aromatic carbocycles. The fraction of sp³-hybridized carbons (Fsp3) is 0.500. The van der Waals surface area contributed by atoms with Gasteiger partial charge in [-0.15, -0.1) is 0 Å². The standard InChI is InChI=1S/C8H13N3O7/c9-4(12)1-3(6(15)16)11-8(10,7(17)18)2-5(13)14/h3,11H,1-2,10H2,(H2,9,12)(H,13,14)(H,15,16)(H,17,18)/t3-,8+/m0/s1. The van der Waals surface area contributed by atoms with E-state index in [0.29, 0.717) is 0 Å². The van der Waals surface area contributed by atoms with E-state index in [1.165, 1.54) is 0 Å². The highest BCUT2D eigenvalue weighted by molar-refractivity contribution is 5.87. The number of rotatable bonds is 8. The van der Waals surface area contributed by atoms with Gasteiger partial charge in [0.2, 0.25) is 5.91 Å². The summed E-state index contributed by atoms with van der Waals surface area (Å²) in [6.07, 6.45) is -1.79. The number of nitrogens with one attached hydrogen (secondary N) is 1. The number of carbonyl (C=O) groups excluding carboxylic acids is 1. The zero-order valence-corrected chi connectivity index (χ0v) is 9.12. The van der Waals surface area contributed by atoms with Crippen LogP contribution in [-0.4, -0.2) is 50.8 Å². The summed E-state index contributed by atoms with van der Waals surface area (Å²) < 4.78 is 0. The molecule has 18 heavy (non-hydrogen) atoms. The maximum absolute atomic E-state index is 10.8. The minimum atomic E-state index is -2.51. The number of hydrogen-bond acceptors (Lipinski definition) is 6. The van der Waals surface area contributed by atoms with Gasteiger partial charge in [-0.25, -0.2) is 4.79 Å². The Morgan fingerprint density at radius 3 is 1.94 bits per heavy atom. The van der Waals surface area contributed by atoms with Crippen LogP contribution in [0.4, 0.5) is 0 Å². The first-order valence-corrected chi connectivity index (χ1v) is 4.61. The first kappa shape index (κ1) is 15.8. The number of aliphatic carboxylic acids is 3. The molecule has 0 aromatic heterocycles. The van der Waals surface area contributed by atoms with Gasteiger partial charge in [0.1, 0.15) is 6.04 Å². The number of carbonyl (C=O) groups is 4. The summed E-state index contributed by atoms with van der Waals surface area (Å²) in [5.74, 6) is -5.88. The molecule has 0 heterocycles. The van der Waals surface area contributed by atoms with Crippen molar-refractivity contribution in [2.45, 2.75) is 24.5 Å². The molecule has 0 aliphatic heterocycles. The van der Waals surface area contributed by atoms with E-state index in [9.17, 15) is 19.2 Å². The summed E-state index contributed by atoms with van der Waals surface area (Å²) in [4.78, 5) is 42.7. The maximum Gasteiger partial charge on any atom is 0.339 e. The molecule has 0 aliphatic rings. The lowest BCUT2D eigenvalue weighted by atomic mass is 10.0. The van der Waals surface area contributed by atoms with Gasteiger partial charge in [-0.3, -0.25) is 19.7 Å². The molecule has 102 valence electrons. The first-order valence-electron chi connectivity index (χ1n) is 4.61. The lowest BCUT2D eigenvalue weighted by Crippen LogP contribution is -2.65. The summed E-state index contributed by atoms with van der Waals surface area (Å²) in [6.45, 7) is 0. The number of hydrogen-bond donors (Lipinski definition) is 6. The van der Waals surface area contributed by atoms with Gasteiger partial charge >= 0.3 is 17.9 Å². The molecule has 0 spiro atoms. The van der Waals surface area contributed by atoms with E-state index in [1.54, 1.807) is 0 Å². The SMILES string of the molecule is NC(=O)C[C@H](N[C@](N)(CC(=O)O)C(=O)O)C(=O)O. The molecule has 0 unspecified atom stereocenters. The van der Waals surface area contributed by atoms with Crippen molar-refractivity contribution >= 4 is 23.8 Å². The summed E-state index contributed by atoms with van der Waals surface area (Å²) >= 11 is 0. The second kappa shape index (κ2) is 5.93. The highest BCUT2D eigenvalue weighted by Crippen LogP contribution is 2.07. The van der Waals surface area contributed by atoms with Crippen molar-refractivity contribution in [2.24, 2.45) is 11.5 Å². The van der Waals surface area contributed by atoms with E-state index < -0.39 is 48.4 Å². The zero-order chi connectivity index (χ0) is 14.5. The van der Waals surface area contributed by atoms with E-state index in [4.69, 9.17) is 26.8 Å². The minimum absolute atomic E-state index is 0.721. The summed E-state index contributed by atoms with van der Waals surface area (Å²) in [5.41, 5.74) is 7.52. The van der Waals surface area contributed by atoms with Crippen molar-refractivity contribution in [2.75, 3.05) is 0 Å². The van der Waals surface area contributed by atoms with Gasteiger partial charge in [0.15, 0.2) is 5.66 Å². The molecule has 0 aliphatic carbocycles. The van der Waals surface area contributed by atoms with Crippen LogP contribution in [0.5, 0.6) is 0 Å². The van der Waals surface area contributed by atoms with Gasteiger partial charge in [-0.1, -0.05) is 0 Å². The average Bonchev–Trinajstić information content (AvgIpc) is 2.13. The Kier molecular flexibility index (Phi) is 5.21. The molecule has 10 heteroatoms. The Balaban J connectivity index is 5.03. The first-order chi connectivity index (χ1) is 8.08. The summed E-state index contributed by atoms with van der Waals surface area (Å²) in [7, 11) is 0. The molecule has 8 N–H and O–H groups in total. The fourth-order valence-corrected chi connectivity index (χ4v) is 1.14. The van der Waals surface area contributed by atoms with E-state index in [0.717, 1.165) is 0 Å². The van der Waals surface area contributed by atoms with Crippen molar-refractivity contribution in [3.05, 3.63) is 0 Å². The van der Waals surface area contributed by atoms with Crippen LogP contribution >= 0.6 is 0 Å². The fourth-order valence-electron chi connectivity index (χ4n) is 1.14. The van der Waals surface area contributed by atoms with Gasteiger partial charge in [0, 0.05) is 0 Å². The van der Waals surface area contributed by atoms with Crippen molar-refractivity contribution in [1.29, 1.82) is 0 Å². The van der Waals surface area contributed by atoms with Crippen LogP contribution < -0.4 is 16.8 Å². The van der Waals surface area contributed by atoms with Gasteiger partial charge in [0.05, 0.1) is 12.8 Å². The van der Waals surface area contributed by atoms with Crippen molar-refractivity contribution in [3.63, 3.8) is 0 Å². The normalized spacial score (nSPS) is 15.4. The molecular weight excluding hydrogens is 250 g/mol. The Morgan fingerprint density at radius 2 is 1.67 bits per heavy atom. The van der Waals surface area contributed by atoms with Crippen LogP contribution in [-0.2, 0) is 19.2 Å². The van der Waals surface area contributed by atoms with Gasteiger partial charge < -0.3 is 26.8 Å². The number of nitrogens with two attached hydrogens (primary N) is 2. The molecule has 0 radical (unpaired) electrons. The molecule has 0 saturated carbocycles. The quantitative estimate of drug-likeness (QED) is 0.249. The van der Waals surface area contributed by atoms with Gasteiger partial charge in [-0.2, -0.15) is 0 Å². The monoisotopic (exact) mass is 263 g/mol. The van der Waals surface area contributed by atoms with Gasteiger partial charge in [0.25, 0.3) is 0 Å². The highest BCUT2D eigenvalue weighted by atomic mass is 16.4. The third kappa shape index (κ3) is 4.76. The minimum Gasteiger partial charge on any atom is -0.481 e. The van der Waals surface area contributed by atoms with Crippen LogP contribution in [0.2, 0.25) is 0 Å². The molecule has 10 nitrogen and oxygen atoms in total. The molecule has 0 bridgehead atoms. The Bertz CT molecular complexity index is 383. The summed E-state index contributed by atoms with van der Waals surface area (Å²) in [5, 5.41) is 27.9. The zero-order valence-electron chi connectivity index (χ0n) is 9.12. The van der Waals surface area contributed by atoms with Crippen LogP contribution in [0.25, 0.3) is 0 Å². The number of carboxylic acid groups (broad SMARTS) is 3. The third-order valence-electron chi connectivity index (χ3n) is 1.95. The Hall–Kier alpha value is -2.20. The van der Waals surface area contributed by atoms with Crippen molar-refractivity contribution in [1.82, 2.24) is 5.32 Å². The predicted octanol–water partition coefficient (Wildman–Crippen LogP) is -2.88. The van der Waals surface area contributed by atoms with E-state index in [-0.39, 0.29) is 0 Å². The van der Waals surface area contributed by atoms with Crippen LogP contribution in [0.3, 0.4) is 0 Å². The molecule has 0 rings (SSSR count). The largest absolute Gasteiger partial charge is 0.481 e. The van der Waals surface area contributed by atoms with Crippen molar-refractivity contribution < 1.29 is 34.5 Å². The number of amides is 1. The summed E-state index contributed by atoms with van der Waals surface area (Å²) in [6, 6.07) is -1.69. The van der Waals surface area contributed by atoms with Crippen LogP contribution in [0, 0.1) is 0 Å². The molecule has 1 amide bonds. The maximum atomic E-state index is 10.8. The topological polar surface area (TPSA) is 193 Å². The predicted molar refractivity (Wildman–Crippen MR) is 55.2 cm³/mol. The lowest BCUT2D eigenvalue weighted by molar-refractivity contribution is -0.153.